The summed E-state index contributed by atoms with van der Waals surface area (Å²) in [4.78, 5) is 23.1. The minimum absolute atomic E-state index is 0.128. The number of hydrogen-bond donors (Lipinski definition) is 0. The number of esters is 2. The zero-order valence-electron chi connectivity index (χ0n) is 11.8. The Kier molecular flexibility index (Phi) is 5.09. The summed E-state index contributed by atoms with van der Waals surface area (Å²) in [6, 6.07) is 4.97. The van der Waals surface area contributed by atoms with Crippen LogP contribution >= 0.6 is 0 Å². The van der Waals surface area contributed by atoms with Crippen LogP contribution < -0.4 is 0 Å². The molecule has 20 heavy (non-hydrogen) atoms. The number of nitriles is 1. The Morgan fingerprint density at radius 3 is 2.55 bits per heavy atom. The van der Waals surface area contributed by atoms with Gasteiger partial charge in [-0.25, -0.2) is 9.59 Å². The van der Waals surface area contributed by atoms with Crippen LogP contribution in [0.15, 0.2) is 17.7 Å². The van der Waals surface area contributed by atoms with Gasteiger partial charge in [0.1, 0.15) is 17.3 Å². The van der Waals surface area contributed by atoms with Gasteiger partial charge in [-0.1, -0.05) is 0 Å². The van der Waals surface area contributed by atoms with Gasteiger partial charge in [0, 0.05) is 12.7 Å². The number of rotatable bonds is 4. The van der Waals surface area contributed by atoms with Gasteiger partial charge < -0.3 is 14.0 Å². The van der Waals surface area contributed by atoms with Gasteiger partial charge in [0.15, 0.2) is 0 Å². The highest BCUT2D eigenvalue weighted by molar-refractivity contribution is 5.98. The van der Waals surface area contributed by atoms with Crippen molar-refractivity contribution in [3.05, 3.63) is 29.1 Å². The fourth-order valence-electron chi connectivity index (χ4n) is 1.54. The Balaban J connectivity index is 3.09. The van der Waals surface area contributed by atoms with Crippen LogP contribution in [-0.4, -0.2) is 29.7 Å². The molecule has 0 aromatic carbocycles. The first-order valence-corrected chi connectivity index (χ1v) is 5.97. The van der Waals surface area contributed by atoms with Gasteiger partial charge in [-0.2, -0.15) is 5.26 Å². The van der Waals surface area contributed by atoms with Gasteiger partial charge in [-0.3, -0.25) is 0 Å². The van der Waals surface area contributed by atoms with Crippen LogP contribution in [0.4, 0.5) is 0 Å². The van der Waals surface area contributed by atoms with E-state index in [0.29, 0.717) is 11.4 Å². The van der Waals surface area contributed by atoms with Crippen LogP contribution in [0, 0.1) is 11.3 Å². The lowest BCUT2D eigenvalue weighted by Gasteiger charge is -2.07. The molecule has 1 aromatic heterocycles. The fraction of sp³-hybridized carbons (Fsp3) is 0.357. The average molecular weight is 276 g/mol. The van der Waals surface area contributed by atoms with Crippen molar-refractivity contribution in [3.63, 3.8) is 0 Å². The normalized spacial score (nSPS) is 11.1. The second-order valence-electron chi connectivity index (χ2n) is 4.32. The number of hydrogen-bond acceptors (Lipinski definition) is 5. The molecule has 0 N–H and O–H groups in total. The molecule has 0 unspecified atom stereocenters. The highest BCUT2D eigenvalue weighted by Crippen LogP contribution is 2.13. The van der Waals surface area contributed by atoms with E-state index in [1.807, 2.05) is 0 Å². The van der Waals surface area contributed by atoms with Crippen molar-refractivity contribution in [3.8, 4) is 6.07 Å². The van der Waals surface area contributed by atoms with Crippen LogP contribution in [-0.2, 0) is 21.3 Å². The number of carbonyl (C=O) groups excluding carboxylic acids is 2. The highest BCUT2D eigenvalue weighted by Gasteiger charge is 2.16. The summed E-state index contributed by atoms with van der Waals surface area (Å²) < 4.78 is 11.1. The lowest BCUT2D eigenvalue weighted by molar-refractivity contribution is -0.142. The van der Waals surface area contributed by atoms with E-state index in [1.165, 1.54) is 17.8 Å². The molecule has 6 heteroatoms. The molecule has 6 nitrogen and oxygen atoms in total. The number of nitrogens with zero attached hydrogens (tertiary/aromatic N) is 2. The van der Waals surface area contributed by atoms with Crippen molar-refractivity contribution < 1.29 is 19.1 Å². The molecule has 106 valence electrons. The van der Waals surface area contributed by atoms with Gasteiger partial charge in [0.25, 0.3) is 0 Å². The molecule has 0 amide bonds. The third-order valence-electron chi connectivity index (χ3n) is 2.53. The number of methoxy groups -OCH3 is 1. The van der Waals surface area contributed by atoms with Crippen LogP contribution in [0.2, 0.25) is 0 Å². The van der Waals surface area contributed by atoms with Crippen molar-refractivity contribution in [1.29, 1.82) is 5.26 Å². The second-order valence-corrected chi connectivity index (χ2v) is 4.32. The van der Waals surface area contributed by atoms with Crippen molar-refractivity contribution in [1.82, 2.24) is 4.57 Å². The minimum Gasteiger partial charge on any atom is -0.464 e. The first kappa shape index (κ1) is 15.5. The predicted molar refractivity (Wildman–Crippen MR) is 71.6 cm³/mol. The van der Waals surface area contributed by atoms with E-state index < -0.39 is 11.9 Å². The van der Waals surface area contributed by atoms with Crippen molar-refractivity contribution >= 4 is 18.0 Å². The third kappa shape index (κ3) is 3.48. The Hall–Kier alpha value is -2.55. The molecule has 0 aliphatic heterocycles. The van der Waals surface area contributed by atoms with E-state index in [0.717, 1.165) is 0 Å². The second kappa shape index (κ2) is 6.57. The first-order valence-electron chi connectivity index (χ1n) is 5.97. The molecule has 0 radical (unpaired) electrons. The van der Waals surface area contributed by atoms with E-state index in [-0.39, 0.29) is 11.7 Å². The molecule has 0 spiro atoms. The largest absolute Gasteiger partial charge is 0.464 e. The van der Waals surface area contributed by atoms with E-state index in [1.54, 1.807) is 39.1 Å². The monoisotopic (exact) mass is 276 g/mol. The first-order chi connectivity index (χ1) is 9.40. The Bertz CT molecular complexity index is 591. The molecule has 0 fully saturated rings. The van der Waals surface area contributed by atoms with E-state index in [4.69, 9.17) is 10.00 Å². The van der Waals surface area contributed by atoms with Crippen molar-refractivity contribution in [2.24, 2.45) is 7.05 Å². The van der Waals surface area contributed by atoms with Crippen LogP contribution in [0.5, 0.6) is 0 Å². The molecule has 0 saturated heterocycles. The zero-order chi connectivity index (χ0) is 15.3. The molecule has 1 rings (SSSR count). The summed E-state index contributed by atoms with van der Waals surface area (Å²) in [6.45, 7) is 3.40. The molecule has 0 aliphatic carbocycles. The number of carbonyl (C=O) groups is 2. The molecule has 1 heterocycles. The third-order valence-corrected chi connectivity index (χ3v) is 2.53. The number of aromatic nitrogens is 1. The topological polar surface area (TPSA) is 81.3 Å². The van der Waals surface area contributed by atoms with E-state index in [2.05, 4.69) is 4.74 Å². The van der Waals surface area contributed by atoms with Crippen LogP contribution in [0.25, 0.3) is 6.08 Å². The van der Waals surface area contributed by atoms with Gasteiger partial charge in [0.05, 0.1) is 13.2 Å². The Labute approximate surface area is 117 Å². The molecule has 0 aliphatic rings. The predicted octanol–water partition coefficient (Wildman–Crippen LogP) is 1.67. The van der Waals surface area contributed by atoms with E-state index in [9.17, 15) is 9.59 Å². The van der Waals surface area contributed by atoms with Crippen LogP contribution in [0.3, 0.4) is 0 Å². The summed E-state index contributed by atoms with van der Waals surface area (Å²) in [5.41, 5.74) is 0.729. The summed E-state index contributed by atoms with van der Waals surface area (Å²) in [5.74, 6) is -1.18. The van der Waals surface area contributed by atoms with Crippen molar-refractivity contribution in [2.45, 2.75) is 20.0 Å². The summed E-state index contributed by atoms with van der Waals surface area (Å²) in [5, 5.41) is 9.00. The SMILES string of the molecule is COC(=O)c1ccc(/C=C(\C#N)C(=O)OC(C)C)n1C. The van der Waals surface area contributed by atoms with Gasteiger partial charge in [-0.05, 0) is 32.1 Å². The van der Waals surface area contributed by atoms with Gasteiger partial charge >= 0.3 is 11.9 Å². The summed E-state index contributed by atoms with van der Waals surface area (Å²) in [7, 11) is 2.92. The highest BCUT2D eigenvalue weighted by atomic mass is 16.5. The van der Waals surface area contributed by atoms with Gasteiger partial charge in [0.2, 0.25) is 0 Å². The molecule has 0 atom stereocenters. The quantitative estimate of drug-likeness (QED) is 0.474. The zero-order valence-corrected chi connectivity index (χ0v) is 11.8. The lowest BCUT2D eigenvalue weighted by atomic mass is 10.2. The Morgan fingerprint density at radius 1 is 1.40 bits per heavy atom. The minimum atomic E-state index is -0.691. The molecular weight excluding hydrogens is 260 g/mol. The van der Waals surface area contributed by atoms with Crippen molar-refractivity contribution in [2.75, 3.05) is 7.11 Å². The maximum Gasteiger partial charge on any atom is 0.354 e. The number of ether oxygens (including phenoxy) is 2. The average Bonchev–Trinajstić information content (AvgIpc) is 2.75. The summed E-state index contributed by atoms with van der Waals surface area (Å²) in [6.07, 6.45) is 1.07. The summed E-state index contributed by atoms with van der Waals surface area (Å²) >= 11 is 0. The molecule has 0 saturated carbocycles. The van der Waals surface area contributed by atoms with E-state index >= 15 is 0 Å². The Morgan fingerprint density at radius 2 is 2.05 bits per heavy atom. The molecule has 1 aromatic rings. The fourth-order valence-corrected chi connectivity index (χ4v) is 1.54. The van der Waals surface area contributed by atoms with Crippen LogP contribution in [0.1, 0.15) is 30.0 Å². The standard InChI is InChI=1S/C14H16N2O4/c1-9(2)20-13(17)10(8-15)7-11-5-6-12(16(11)3)14(18)19-4/h5-7,9H,1-4H3/b10-7+. The molecular formula is C14H16N2O4. The maximum absolute atomic E-state index is 11.7. The maximum atomic E-state index is 11.7. The lowest BCUT2D eigenvalue weighted by Crippen LogP contribution is -2.13. The van der Waals surface area contributed by atoms with Gasteiger partial charge in [-0.15, -0.1) is 0 Å². The smallest absolute Gasteiger partial charge is 0.354 e. The molecule has 0 bridgehead atoms.